The molecule has 1 N–H and O–H groups in total. The Kier molecular flexibility index (Phi) is 7.02. The number of rotatable bonds is 4. The van der Waals surface area contributed by atoms with Gasteiger partial charge in [-0.05, 0) is 67.3 Å². The first kappa shape index (κ1) is 24.6. The van der Waals surface area contributed by atoms with Gasteiger partial charge in [-0.25, -0.2) is 4.98 Å². The van der Waals surface area contributed by atoms with E-state index in [1.54, 1.807) is 0 Å². The molecule has 1 aromatic carbocycles. The van der Waals surface area contributed by atoms with Crippen molar-refractivity contribution in [1.82, 2.24) is 29.7 Å². The molecule has 0 radical (unpaired) electrons. The number of piperidine rings is 1. The summed E-state index contributed by atoms with van der Waals surface area (Å²) in [6.45, 7) is 6.84. The third-order valence-electron chi connectivity index (χ3n) is 8.34. The van der Waals surface area contributed by atoms with Gasteiger partial charge in [-0.3, -0.25) is 14.7 Å². The smallest absolute Gasteiger partial charge is 0.241 e. The highest BCUT2D eigenvalue weighted by molar-refractivity contribution is 6.31. The third kappa shape index (κ3) is 4.92. The number of halogens is 1. The maximum absolute atomic E-state index is 13.8. The Morgan fingerprint density at radius 2 is 1.95 bits per heavy atom. The molecular weight excluding hydrogens is 484 g/mol. The number of aryl methyl sites for hydroxylation is 3. The molecule has 2 saturated heterocycles. The summed E-state index contributed by atoms with van der Waals surface area (Å²) in [5.41, 5.74) is 4.79. The second-order valence-electron chi connectivity index (χ2n) is 10.7. The zero-order valence-electron chi connectivity index (χ0n) is 21.4. The molecule has 2 aliphatic heterocycles. The maximum atomic E-state index is 13.8. The molecule has 1 unspecified atom stereocenters. The Balaban J connectivity index is 1.23. The van der Waals surface area contributed by atoms with Crippen molar-refractivity contribution in [2.75, 3.05) is 32.7 Å². The Bertz CT molecular complexity index is 1270. The van der Waals surface area contributed by atoms with E-state index in [0.29, 0.717) is 12.5 Å². The molecule has 2 aromatic heterocycles. The van der Waals surface area contributed by atoms with Crippen LogP contribution in [0.1, 0.15) is 47.1 Å². The Labute approximate surface area is 223 Å². The highest BCUT2D eigenvalue weighted by atomic mass is 35.5. The standard InChI is InChI=1S/C29H35ClN6O/c1-20-31-12-15-34(20)17-21-5-4-14-36(18-21)29(37)25-19-35(16-13-32-25)28-26-22(6-2-8-24(26)30)9-10-23-7-3-11-33-27(23)28/h2-3,6-8,11-12,15,21,25,28,32H,4-5,9-10,13-14,16-19H2,1H3/t21-,25+,28?/m0/s1. The predicted octanol–water partition coefficient (Wildman–Crippen LogP) is 3.64. The number of carbonyl (C=O) groups is 1. The van der Waals surface area contributed by atoms with Crippen LogP contribution in [0.3, 0.4) is 0 Å². The third-order valence-corrected chi connectivity index (χ3v) is 8.67. The average molecular weight is 519 g/mol. The average Bonchev–Trinajstić information content (AvgIpc) is 3.24. The van der Waals surface area contributed by atoms with Crippen LogP contribution < -0.4 is 5.32 Å². The Morgan fingerprint density at radius 3 is 2.81 bits per heavy atom. The van der Waals surface area contributed by atoms with Crippen molar-refractivity contribution >= 4 is 17.5 Å². The van der Waals surface area contributed by atoms with Crippen LogP contribution in [-0.4, -0.2) is 69.0 Å². The summed E-state index contributed by atoms with van der Waals surface area (Å²) in [7, 11) is 0. The number of piperazine rings is 1. The van der Waals surface area contributed by atoms with Crippen LogP contribution in [0.2, 0.25) is 5.02 Å². The summed E-state index contributed by atoms with van der Waals surface area (Å²) in [5, 5.41) is 4.32. The minimum atomic E-state index is -0.233. The quantitative estimate of drug-likeness (QED) is 0.571. The van der Waals surface area contributed by atoms with Gasteiger partial charge < -0.3 is 14.8 Å². The molecule has 2 fully saturated rings. The Hall–Kier alpha value is -2.74. The number of carbonyl (C=O) groups excluding carboxylic acids is 1. The minimum Gasteiger partial charge on any atom is -0.341 e. The summed E-state index contributed by atoms with van der Waals surface area (Å²) in [6, 6.07) is 10.2. The summed E-state index contributed by atoms with van der Waals surface area (Å²) >= 11 is 6.85. The zero-order valence-corrected chi connectivity index (χ0v) is 22.2. The fraction of sp³-hybridized carbons (Fsp3) is 0.483. The molecule has 3 atom stereocenters. The number of amides is 1. The SMILES string of the molecule is Cc1nccn1C[C@@H]1CCCN(C(=O)[C@H]2CN(C3c4ncccc4CCc4cccc(Cl)c43)CCN2)C1. The van der Waals surface area contributed by atoms with Gasteiger partial charge >= 0.3 is 0 Å². The van der Waals surface area contributed by atoms with Crippen LogP contribution in [0, 0.1) is 12.8 Å². The van der Waals surface area contributed by atoms with E-state index in [0.717, 1.165) is 80.5 Å². The Morgan fingerprint density at radius 1 is 1.08 bits per heavy atom. The summed E-state index contributed by atoms with van der Waals surface area (Å²) in [5.74, 6) is 1.70. The molecular formula is C29H35ClN6O. The zero-order chi connectivity index (χ0) is 25.4. The van der Waals surface area contributed by atoms with Gasteiger partial charge in [0, 0.05) is 62.9 Å². The van der Waals surface area contributed by atoms with Gasteiger partial charge in [0.15, 0.2) is 0 Å². The van der Waals surface area contributed by atoms with Crippen LogP contribution in [0.4, 0.5) is 0 Å². The fourth-order valence-electron chi connectivity index (χ4n) is 6.46. The summed E-state index contributed by atoms with van der Waals surface area (Å²) in [4.78, 5) is 27.5. The molecule has 0 bridgehead atoms. The van der Waals surface area contributed by atoms with Crippen molar-refractivity contribution in [3.63, 3.8) is 0 Å². The molecule has 1 amide bonds. The lowest BCUT2D eigenvalue weighted by atomic mass is 9.94. The molecule has 7 nitrogen and oxygen atoms in total. The lowest BCUT2D eigenvalue weighted by Crippen LogP contribution is -2.59. The lowest BCUT2D eigenvalue weighted by Gasteiger charge is -2.41. The van der Waals surface area contributed by atoms with E-state index >= 15 is 0 Å². The number of benzene rings is 1. The first-order valence-electron chi connectivity index (χ1n) is 13.5. The molecule has 3 aliphatic rings. The molecule has 37 heavy (non-hydrogen) atoms. The van der Waals surface area contributed by atoms with Crippen LogP contribution in [-0.2, 0) is 24.2 Å². The summed E-state index contributed by atoms with van der Waals surface area (Å²) < 4.78 is 2.21. The molecule has 4 heterocycles. The number of fused-ring (bicyclic) bond motifs is 2. The van der Waals surface area contributed by atoms with Gasteiger partial charge in [0.25, 0.3) is 0 Å². The highest BCUT2D eigenvalue weighted by Gasteiger charge is 2.38. The van der Waals surface area contributed by atoms with E-state index in [4.69, 9.17) is 16.6 Å². The van der Waals surface area contributed by atoms with Crippen molar-refractivity contribution in [3.05, 3.63) is 82.2 Å². The second kappa shape index (κ2) is 10.6. The van der Waals surface area contributed by atoms with Gasteiger partial charge in [-0.2, -0.15) is 0 Å². The van der Waals surface area contributed by atoms with Crippen molar-refractivity contribution in [2.45, 2.75) is 51.2 Å². The van der Waals surface area contributed by atoms with Crippen molar-refractivity contribution in [1.29, 1.82) is 0 Å². The van der Waals surface area contributed by atoms with E-state index in [2.05, 4.69) is 36.8 Å². The normalized spacial score (nSPS) is 24.3. The number of pyridine rings is 1. The molecule has 1 aliphatic carbocycles. The summed E-state index contributed by atoms with van der Waals surface area (Å²) in [6.07, 6.45) is 9.87. The molecule has 8 heteroatoms. The molecule has 0 saturated carbocycles. The minimum absolute atomic E-state index is 0.0434. The number of nitrogens with one attached hydrogen (secondary N) is 1. The van der Waals surface area contributed by atoms with E-state index in [1.807, 2.05) is 43.7 Å². The second-order valence-corrected chi connectivity index (χ2v) is 11.1. The molecule has 194 valence electrons. The number of nitrogens with zero attached hydrogens (tertiary/aromatic N) is 5. The van der Waals surface area contributed by atoms with Crippen LogP contribution in [0.25, 0.3) is 0 Å². The predicted molar refractivity (Wildman–Crippen MR) is 145 cm³/mol. The van der Waals surface area contributed by atoms with Gasteiger partial charge in [0.2, 0.25) is 5.91 Å². The van der Waals surface area contributed by atoms with E-state index in [9.17, 15) is 4.79 Å². The van der Waals surface area contributed by atoms with Gasteiger partial charge in [0.1, 0.15) is 5.82 Å². The topological polar surface area (TPSA) is 66.3 Å². The number of hydrogen-bond acceptors (Lipinski definition) is 5. The fourth-order valence-corrected chi connectivity index (χ4v) is 6.76. The lowest BCUT2D eigenvalue weighted by molar-refractivity contribution is -0.136. The first-order chi connectivity index (χ1) is 18.1. The van der Waals surface area contributed by atoms with Crippen LogP contribution in [0.15, 0.2) is 48.9 Å². The number of likely N-dealkylation sites (tertiary alicyclic amines) is 1. The molecule has 0 spiro atoms. The van der Waals surface area contributed by atoms with Crippen molar-refractivity contribution in [3.8, 4) is 0 Å². The number of aromatic nitrogens is 3. The first-order valence-corrected chi connectivity index (χ1v) is 13.9. The van der Waals surface area contributed by atoms with E-state index < -0.39 is 0 Å². The largest absolute Gasteiger partial charge is 0.341 e. The van der Waals surface area contributed by atoms with Crippen molar-refractivity contribution < 1.29 is 4.79 Å². The number of imidazole rings is 1. The maximum Gasteiger partial charge on any atom is 0.241 e. The van der Waals surface area contributed by atoms with Gasteiger partial charge in [0.05, 0.1) is 17.8 Å². The van der Waals surface area contributed by atoms with Crippen LogP contribution in [0.5, 0.6) is 0 Å². The highest BCUT2D eigenvalue weighted by Crippen LogP contribution is 2.39. The van der Waals surface area contributed by atoms with Gasteiger partial charge in [-0.15, -0.1) is 0 Å². The molecule has 3 aromatic rings. The van der Waals surface area contributed by atoms with E-state index in [1.165, 1.54) is 11.1 Å². The molecule has 6 rings (SSSR count). The van der Waals surface area contributed by atoms with Crippen molar-refractivity contribution in [2.24, 2.45) is 5.92 Å². The van der Waals surface area contributed by atoms with Gasteiger partial charge in [-0.1, -0.05) is 29.8 Å². The monoisotopic (exact) mass is 518 g/mol. The van der Waals surface area contributed by atoms with Crippen LogP contribution >= 0.6 is 11.6 Å². The van der Waals surface area contributed by atoms with E-state index in [-0.39, 0.29) is 18.0 Å². The number of hydrogen-bond donors (Lipinski definition) is 1.